The number of aromatic nitrogens is 2. The molecule has 0 saturated carbocycles. The van der Waals surface area contributed by atoms with E-state index in [1.807, 2.05) is 0 Å². The average molecular weight is 154 g/mol. The highest BCUT2D eigenvalue weighted by Gasteiger charge is 2.13. The second-order valence-corrected chi connectivity index (χ2v) is 2.19. The van der Waals surface area contributed by atoms with Crippen LogP contribution in [0.25, 0.3) is 0 Å². The van der Waals surface area contributed by atoms with Gasteiger partial charge in [-0.25, -0.2) is 4.79 Å². The predicted octanol–water partition coefficient (Wildman–Crippen LogP) is 0.617. The molecule has 1 unspecified atom stereocenters. The largest absolute Gasteiger partial charge is 0.467 e. The number of methoxy groups -OCH3 is 1. The molecule has 0 N–H and O–H groups in total. The number of ether oxygens (including phenoxy) is 1. The van der Waals surface area contributed by atoms with E-state index in [-0.39, 0.29) is 12.0 Å². The van der Waals surface area contributed by atoms with E-state index >= 15 is 0 Å². The first-order valence-electron chi connectivity index (χ1n) is 3.32. The number of carbonyl (C=O) groups excluding carboxylic acids is 1. The Labute approximate surface area is 64.8 Å². The summed E-state index contributed by atoms with van der Waals surface area (Å²) in [6.07, 6.45) is 3.35. The monoisotopic (exact) mass is 154 g/mol. The Kier molecular flexibility index (Phi) is 2.25. The average Bonchev–Trinajstić information content (AvgIpc) is 2.53. The molecule has 0 fully saturated rings. The lowest BCUT2D eigenvalue weighted by molar-refractivity contribution is -0.144. The van der Waals surface area contributed by atoms with E-state index in [1.54, 1.807) is 30.1 Å². The highest BCUT2D eigenvalue weighted by molar-refractivity contribution is 5.73. The van der Waals surface area contributed by atoms with Crippen LogP contribution in [0.4, 0.5) is 0 Å². The van der Waals surface area contributed by atoms with Gasteiger partial charge in [-0.1, -0.05) is 0 Å². The van der Waals surface area contributed by atoms with Crippen molar-refractivity contribution in [2.75, 3.05) is 7.11 Å². The Hall–Kier alpha value is -1.32. The Bertz CT molecular complexity index is 231. The Morgan fingerprint density at radius 3 is 2.91 bits per heavy atom. The van der Waals surface area contributed by atoms with Gasteiger partial charge in [0.1, 0.15) is 6.04 Å². The van der Waals surface area contributed by atoms with Gasteiger partial charge in [0, 0.05) is 12.4 Å². The molecule has 1 aromatic rings. The van der Waals surface area contributed by atoms with Gasteiger partial charge in [-0.3, -0.25) is 4.68 Å². The van der Waals surface area contributed by atoms with Crippen molar-refractivity contribution in [3.63, 3.8) is 0 Å². The van der Waals surface area contributed by atoms with Crippen LogP contribution in [0.5, 0.6) is 0 Å². The van der Waals surface area contributed by atoms with Crippen LogP contribution in [-0.2, 0) is 9.53 Å². The molecule has 60 valence electrons. The number of rotatable bonds is 2. The van der Waals surface area contributed by atoms with Gasteiger partial charge in [-0.2, -0.15) is 5.10 Å². The normalized spacial score (nSPS) is 12.5. The second-order valence-electron chi connectivity index (χ2n) is 2.19. The molecule has 1 aromatic heterocycles. The van der Waals surface area contributed by atoms with Crippen molar-refractivity contribution in [2.45, 2.75) is 13.0 Å². The summed E-state index contributed by atoms with van der Waals surface area (Å²) in [7, 11) is 1.36. The summed E-state index contributed by atoms with van der Waals surface area (Å²) in [5.41, 5.74) is 0. The zero-order valence-electron chi connectivity index (χ0n) is 6.52. The van der Waals surface area contributed by atoms with Gasteiger partial charge in [0.2, 0.25) is 0 Å². The van der Waals surface area contributed by atoms with Crippen molar-refractivity contribution in [2.24, 2.45) is 0 Å². The van der Waals surface area contributed by atoms with E-state index in [0.717, 1.165) is 0 Å². The Morgan fingerprint density at radius 1 is 1.73 bits per heavy atom. The zero-order valence-corrected chi connectivity index (χ0v) is 6.52. The minimum absolute atomic E-state index is 0.284. The molecule has 0 aliphatic rings. The molecule has 1 atom stereocenters. The maximum atomic E-state index is 10.9. The molecule has 0 aromatic carbocycles. The highest BCUT2D eigenvalue weighted by atomic mass is 16.5. The zero-order chi connectivity index (χ0) is 8.27. The summed E-state index contributed by atoms with van der Waals surface area (Å²) in [6.45, 7) is 1.73. The number of nitrogens with zero attached hydrogens (tertiary/aromatic N) is 2. The molecule has 0 bridgehead atoms. The molecule has 1 heterocycles. The summed E-state index contributed by atoms with van der Waals surface area (Å²) in [5, 5.41) is 3.90. The van der Waals surface area contributed by atoms with E-state index in [9.17, 15) is 4.79 Å². The molecule has 1 rings (SSSR count). The molecule has 0 radical (unpaired) electrons. The van der Waals surface area contributed by atoms with Gasteiger partial charge in [0.05, 0.1) is 7.11 Å². The smallest absolute Gasteiger partial charge is 0.330 e. The topological polar surface area (TPSA) is 44.1 Å². The van der Waals surface area contributed by atoms with Gasteiger partial charge in [-0.05, 0) is 13.0 Å². The quantitative estimate of drug-likeness (QED) is 0.586. The fourth-order valence-corrected chi connectivity index (χ4v) is 0.788. The van der Waals surface area contributed by atoms with Crippen molar-refractivity contribution in [1.29, 1.82) is 0 Å². The first kappa shape index (κ1) is 7.78. The van der Waals surface area contributed by atoms with Gasteiger partial charge >= 0.3 is 5.97 Å². The third-order valence-corrected chi connectivity index (χ3v) is 1.46. The highest BCUT2D eigenvalue weighted by Crippen LogP contribution is 2.03. The summed E-state index contributed by atoms with van der Waals surface area (Å²) in [6, 6.07) is 1.43. The van der Waals surface area contributed by atoms with Gasteiger partial charge < -0.3 is 4.74 Å². The van der Waals surface area contributed by atoms with Gasteiger partial charge in [0.15, 0.2) is 0 Å². The van der Waals surface area contributed by atoms with Crippen LogP contribution >= 0.6 is 0 Å². The lowest BCUT2D eigenvalue weighted by atomic mass is 10.3. The molecule has 0 aliphatic heterocycles. The summed E-state index contributed by atoms with van der Waals surface area (Å²) in [4.78, 5) is 10.9. The molecule has 11 heavy (non-hydrogen) atoms. The van der Waals surface area contributed by atoms with Gasteiger partial charge in [0.25, 0.3) is 0 Å². The molecular weight excluding hydrogens is 144 g/mol. The minimum atomic E-state index is -0.338. The Balaban J connectivity index is 2.70. The maximum absolute atomic E-state index is 10.9. The van der Waals surface area contributed by atoms with Gasteiger partial charge in [-0.15, -0.1) is 0 Å². The first-order chi connectivity index (χ1) is 5.25. The van der Waals surface area contributed by atoms with Crippen LogP contribution in [0.1, 0.15) is 13.0 Å². The van der Waals surface area contributed by atoms with Crippen molar-refractivity contribution in [3.8, 4) is 0 Å². The summed E-state index contributed by atoms with van der Waals surface area (Å²) >= 11 is 0. The summed E-state index contributed by atoms with van der Waals surface area (Å²) in [5.74, 6) is -0.284. The maximum Gasteiger partial charge on any atom is 0.330 e. The molecule has 0 saturated heterocycles. The van der Waals surface area contributed by atoms with Crippen LogP contribution in [-0.4, -0.2) is 22.9 Å². The molecule has 0 spiro atoms. The van der Waals surface area contributed by atoms with Crippen molar-refractivity contribution >= 4 is 5.97 Å². The van der Waals surface area contributed by atoms with E-state index in [0.29, 0.717) is 0 Å². The van der Waals surface area contributed by atoms with Crippen LogP contribution in [0, 0.1) is 0 Å². The lowest BCUT2D eigenvalue weighted by Crippen LogP contribution is -2.17. The fraction of sp³-hybridized carbons (Fsp3) is 0.429. The van der Waals surface area contributed by atoms with Crippen molar-refractivity contribution in [3.05, 3.63) is 18.5 Å². The minimum Gasteiger partial charge on any atom is -0.467 e. The predicted molar refractivity (Wildman–Crippen MR) is 39.0 cm³/mol. The second kappa shape index (κ2) is 3.18. The summed E-state index contributed by atoms with van der Waals surface area (Å²) < 4.78 is 6.08. The van der Waals surface area contributed by atoms with E-state index in [1.165, 1.54) is 7.11 Å². The third kappa shape index (κ3) is 1.58. The van der Waals surface area contributed by atoms with Crippen LogP contribution < -0.4 is 0 Å². The number of carbonyl (C=O) groups is 1. The Morgan fingerprint density at radius 2 is 2.45 bits per heavy atom. The van der Waals surface area contributed by atoms with E-state index in [2.05, 4.69) is 9.84 Å². The van der Waals surface area contributed by atoms with Crippen LogP contribution in [0.15, 0.2) is 18.5 Å². The fourth-order valence-electron chi connectivity index (χ4n) is 0.788. The standard InChI is InChI=1S/C7H10N2O2/c1-6(7(10)11-2)9-5-3-4-8-9/h3-6H,1-2H3. The molecule has 4 heteroatoms. The van der Waals surface area contributed by atoms with E-state index in [4.69, 9.17) is 0 Å². The van der Waals surface area contributed by atoms with Crippen molar-refractivity contribution in [1.82, 2.24) is 9.78 Å². The SMILES string of the molecule is COC(=O)C(C)n1cccn1. The molecule has 0 amide bonds. The number of esters is 1. The number of hydrogen-bond acceptors (Lipinski definition) is 3. The third-order valence-electron chi connectivity index (χ3n) is 1.46. The molecule has 4 nitrogen and oxygen atoms in total. The van der Waals surface area contributed by atoms with E-state index < -0.39 is 0 Å². The van der Waals surface area contributed by atoms with Crippen LogP contribution in [0.3, 0.4) is 0 Å². The molecule has 0 aliphatic carbocycles. The molecular formula is C7H10N2O2. The van der Waals surface area contributed by atoms with Crippen LogP contribution in [0.2, 0.25) is 0 Å². The first-order valence-corrected chi connectivity index (χ1v) is 3.32. The van der Waals surface area contributed by atoms with Crippen molar-refractivity contribution < 1.29 is 9.53 Å². The number of hydrogen-bond donors (Lipinski definition) is 0. The lowest BCUT2D eigenvalue weighted by Gasteiger charge is -2.08.